The molecule has 0 aliphatic carbocycles. The van der Waals surface area contributed by atoms with E-state index in [-0.39, 0.29) is 17.3 Å². The number of rotatable bonds is 2. The first-order valence-electron chi connectivity index (χ1n) is 3.51. The van der Waals surface area contributed by atoms with E-state index in [9.17, 15) is 8.42 Å². The van der Waals surface area contributed by atoms with Gasteiger partial charge in [0.1, 0.15) is 0 Å². The molecule has 0 heterocycles. The molecule has 0 atom stereocenters. The summed E-state index contributed by atoms with van der Waals surface area (Å²) in [6.45, 7) is 0. The third-order valence-corrected chi connectivity index (χ3v) is 2.64. The van der Waals surface area contributed by atoms with Crippen LogP contribution in [-0.2, 0) is 9.84 Å². The molecule has 78 valence electrons. The summed E-state index contributed by atoms with van der Waals surface area (Å²) in [5, 5.41) is 11.0. The highest BCUT2D eigenvalue weighted by Gasteiger charge is 2.04. The molecule has 0 aliphatic rings. The second-order valence-corrected chi connectivity index (χ2v) is 4.60. The minimum atomic E-state index is -3.14. The third kappa shape index (κ3) is 3.35. The molecule has 4 nitrogen and oxygen atoms in total. The predicted octanol–water partition coefficient (Wildman–Crippen LogP) is 1.32. The molecule has 0 aromatic heterocycles. The van der Waals surface area contributed by atoms with Crippen molar-refractivity contribution in [3.05, 3.63) is 29.8 Å². The van der Waals surface area contributed by atoms with Gasteiger partial charge in [0.25, 0.3) is 0 Å². The number of hydrogen-bond acceptors (Lipinski definition) is 4. The molecule has 0 saturated carbocycles. The Bertz CT molecular complexity index is 411. The maximum Gasteiger partial charge on any atom is 0.175 e. The smallest absolute Gasteiger partial charge is 0.175 e. The van der Waals surface area contributed by atoms with Gasteiger partial charge in [-0.15, -0.1) is 12.4 Å². The number of nitrogens with zero attached hydrogens (tertiary/aromatic N) is 1. The monoisotopic (exact) mass is 235 g/mol. The largest absolute Gasteiger partial charge is 0.411 e. The molecule has 1 aromatic rings. The lowest BCUT2D eigenvalue weighted by atomic mass is 10.2. The van der Waals surface area contributed by atoms with Crippen molar-refractivity contribution in [3.8, 4) is 0 Å². The van der Waals surface area contributed by atoms with Crippen LogP contribution in [0.2, 0.25) is 0 Å². The van der Waals surface area contributed by atoms with Crippen molar-refractivity contribution in [1.29, 1.82) is 0 Å². The lowest BCUT2D eigenvalue weighted by Gasteiger charge is -1.97. The zero-order chi connectivity index (χ0) is 9.90. The Balaban J connectivity index is 0.00000169. The summed E-state index contributed by atoms with van der Waals surface area (Å²) < 4.78 is 22.0. The Morgan fingerprint density at radius 2 is 1.79 bits per heavy atom. The van der Waals surface area contributed by atoms with Crippen LogP contribution >= 0.6 is 12.4 Å². The van der Waals surface area contributed by atoms with Crippen LogP contribution in [0.1, 0.15) is 5.56 Å². The zero-order valence-corrected chi connectivity index (χ0v) is 9.05. The number of oxime groups is 1. The minimum absolute atomic E-state index is 0. The van der Waals surface area contributed by atoms with E-state index < -0.39 is 9.84 Å². The molecule has 14 heavy (non-hydrogen) atoms. The topological polar surface area (TPSA) is 66.7 Å². The van der Waals surface area contributed by atoms with Gasteiger partial charge in [-0.3, -0.25) is 0 Å². The first kappa shape index (κ1) is 12.9. The molecule has 0 saturated heterocycles. The van der Waals surface area contributed by atoms with Gasteiger partial charge >= 0.3 is 0 Å². The van der Waals surface area contributed by atoms with E-state index in [4.69, 9.17) is 5.21 Å². The molecule has 1 rings (SSSR count). The van der Waals surface area contributed by atoms with Crippen LogP contribution in [0.3, 0.4) is 0 Å². The SMILES string of the molecule is CS(=O)(=O)c1ccc(C=NO)cc1.Cl. The van der Waals surface area contributed by atoms with Crippen LogP contribution in [0.4, 0.5) is 0 Å². The second-order valence-electron chi connectivity index (χ2n) is 2.59. The van der Waals surface area contributed by atoms with Crippen LogP contribution in [0.15, 0.2) is 34.3 Å². The van der Waals surface area contributed by atoms with Crippen molar-refractivity contribution in [2.24, 2.45) is 5.16 Å². The molecule has 1 N–H and O–H groups in total. The summed E-state index contributed by atoms with van der Waals surface area (Å²) in [6.07, 6.45) is 2.37. The molecule has 0 spiro atoms. The Morgan fingerprint density at radius 1 is 1.29 bits per heavy atom. The van der Waals surface area contributed by atoms with Crippen LogP contribution < -0.4 is 0 Å². The molecular formula is C8H10ClNO3S. The Morgan fingerprint density at radius 3 is 2.14 bits per heavy atom. The van der Waals surface area contributed by atoms with Gasteiger partial charge in [0.15, 0.2) is 9.84 Å². The van der Waals surface area contributed by atoms with Crippen LogP contribution in [0, 0.1) is 0 Å². The molecule has 6 heteroatoms. The van der Waals surface area contributed by atoms with E-state index >= 15 is 0 Å². The average molecular weight is 236 g/mol. The summed E-state index contributed by atoms with van der Waals surface area (Å²) >= 11 is 0. The summed E-state index contributed by atoms with van der Waals surface area (Å²) in [7, 11) is -3.14. The van der Waals surface area contributed by atoms with E-state index in [0.29, 0.717) is 5.56 Å². The number of benzene rings is 1. The van der Waals surface area contributed by atoms with Gasteiger partial charge in [-0.25, -0.2) is 8.42 Å². The van der Waals surface area contributed by atoms with Gasteiger partial charge in [0.05, 0.1) is 11.1 Å². The number of halogens is 1. The normalized spacial score (nSPS) is 11.2. The van der Waals surface area contributed by atoms with Crippen molar-refractivity contribution < 1.29 is 13.6 Å². The quantitative estimate of drug-likeness (QED) is 0.478. The van der Waals surface area contributed by atoms with Gasteiger partial charge in [-0.05, 0) is 17.7 Å². The molecular weight excluding hydrogens is 226 g/mol. The Labute approximate surface area is 88.6 Å². The fraction of sp³-hybridized carbons (Fsp3) is 0.125. The summed E-state index contributed by atoms with van der Waals surface area (Å²) in [5.41, 5.74) is 0.648. The van der Waals surface area contributed by atoms with Crippen molar-refractivity contribution in [2.75, 3.05) is 6.26 Å². The van der Waals surface area contributed by atoms with E-state index in [1.165, 1.54) is 18.3 Å². The number of sulfone groups is 1. The van der Waals surface area contributed by atoms with Crippen LogP contribution in [-0.4, -0.2) is 26.1 Å². The maximum absolute atomic E-state index is 11.0. The second kappa shape index (κ2) is 4.97. The van der Waals surface area contributed by atoms with Crippen molar-refractivity contribution in [2.45, 2.75) is 4.90 Å². The highest BCUT2D eigenvalue weighted by Crippen LogP contribution is 2.08. The average Bonchev–Trinajstić information content (AvgIpc) is 2.04. The first-order chi connectivity index (χ1) is 6.04. The van der Waals surface area contributed by atoms with Gasteiger partial charge in [0, 0.05) is 6.26 Å². The lowest BCUT2D eigenvalue weighted by Crippen LogP contribution is -1.96. The van der Waals surface area contributed by atoms with E-state index in [2.05, 4.69) is 5.16 Å². The molecule has 0 radical (unpaired) electrons. The highest BCUT2D eigenvalue weighted by molar-refractivity contribution is 7.90. The molecule has 0 amide bonds. The van der Waals surface area contributed by atoms with E-state index in [1.807, 2.05) is 0 Å². The van der Waals surface area contributed by atoms with Crippen LogP contribution in [0.5, 0.6) is 0 Å². The maximum atomic E-state index is 11.0. The zero-order valence-electron chi connectivity index (χ0n) is 7.41. The fourth-order valence-corrected chi connectivity index (χ4v) is 1.50. The van der Waals surface area contributed by atoms with Crippen LogP contribution in [0.25, 0.3) is 0 Å². The van der Waals surface area contributed by atoms with Crippen molar-refractivity contribution in [1.82, 2.24) is 0 Å². The van der Waals surface area contributed by atoms with Crippen molar-refractivity contribution >= 4 is 28.5 Å². The van der Waals surface area contributed by atoms with E-state index in [0.717, 1.165) is 6.26 Å². The minimum Gasteiger partial charge on any atom is -0.411 e. The number of hydrogen-bond donors (Lipinski definition) is 1. The van der Waals surface area contributed by atoms with E-state index in [1.54, 1.807) is 12.1 Å². The standard InChI is InChI=1S/C8H9NO3S.ClH/c1-13(11,12)8-4-2-7(3-5-8)6-9-10;/h2-6,10H,1H3;1H. The summed E-state index contributed by atoms with van der Waals surface area (Å²) in [4.78, 5) is 0.252. The molecule has 0 bridgehead atoms. The lowest BCUT2D eigenvalue weighted by molar-refractivity contribution is 0.322. The third-order valence-electron chi connectivity index (χ3n) is 1.52. The molecule has 0 unspecified atom stereocenters. The highest BCUT2D eigenvalue weighted by atomic mass is 35.5. The summed E-state index contributed by atoms with van der Waals surface area (Å²) in [5.74, 6) is 0. The molecule has 0 aliphatic heterocycles. The first-order valence-corrected chi connectivity index (χ1v) is 5.41. The molecule has 0 fully saturated rings. The van der Waals surface area contributed by atoms with Gasteiger partial charge in [0.2, 0.25) is 0 Å². The predicted molar refractivity (Wildman–Crippen MR) is 56.2 cm³/mol. The summed E-state index contributed by atoms with van der Waals surface area (Å²) in [6, 6.07) is 6.06. The van der Waals surface area contributed by atoms with Gasteiger partial charge < -0.3 is 5.21 Å². The Kier molecular flexibility index (Phi) is 4.59. The molecule has 1 aromatic carbocycles. The van der Waals surface area contributed by atoms with Gasteiger partial charge in [-0.2, -0.15) is 0 Å². The van der Waals surface area contributed by atoms with Crippen molar-refractivity contribution in [3.63, 3.8) is 0 Å². The van der Waals surface area contributed by atoms with Gasteiger partial charge in [-0.1, -0.05) is 17.3 Å². The fourth-order valence-electron chi connectivity index (χ4n) is 0.868. The Hall–Kier alpha value is -1.07.